The second-order valence-corrected chi connectivity index (χ2v) is 6.34. The third-order valence-corrected chi connectivity index (χ3v) is 4.45. The van der Waals surface area contributed by atoms with Crippen molar-refractivity contribution in [3.05, 3.63) is 35.6 Å². The Morgan fingerprint density at radius 2 is 2.15 bits per heavy atom. The molecule has 4 rings (SSSR count). The molecule has 0 saturated carbocycles. The lowest BCUT2D eigenvalue weighted by atomic mass is 10.2. The van der Waals surface area contributed by atoms with Crippen LogP contribution in [0.15, 0.2) is 24.7 Å². The van der Waals surface area contributed by atoms with Gasteiger partial charge in [0.25, 0.3) is 0 Å². The van der Waals surface area contributed by atoms with E-state index in [2.05, 4.69) is 20.3 Å². The number of hydrogen-bond donors (Lipinski definition) is 1. The van der Waals surface area contributed by atoms with E-state index in [1.54, 1.807) is 17.2 Å². The van der Waals surface area contributed by atoms with Gasteiger partial charge in [-0.1, -0.05) is 0 Å². The first kappa shape index (κ1) is 16.9. The van der Waals surface area contributed by atoms with E-state index in [9.17, 15) is 9.18 Å². The van der Waals surface area contributed by atoms with E-state index in [0.29, 0.717) is 22.9 Å². The molecule has 1 fully saturated rings. The molecule has 2 aromatic rings. The molecule has 2 atom stereocenters. The Hall–Kier alpha value is -2.52. The number of fused-ring (bicyclic) bond motifs is 1. The van der Waals surface area contributed by atoms with Gasteiger partial charge in [0.05, 0.1) is 24.1 Å². The Balaban J connectivity index is 1.49. The Labute approximate surface area is 153 Å². The summed E-state index contributed by atoms with van der Waals surface area (Å²) in [5.74, 6) is 0.811. The molecule has 136 valence electrons. The van der Waals surface area contributed by atoms with Gasteiger partial charge < -0.3 is 14.8 Å². The minimum Gasteiger partial charge on any atom is -0.453 e. The third-order valence-electron chi connectivity index (χ3n) is 4.26. The monoisotopic (exact) mass is 379 g/mol. The van der Waals surface area contributed by atoms with E-state index in [0.717, 1.165) is 0 Å². The number of carbonyl (C=O) groups excluding carboxylic acids is 1. The number of aromatic nitrogens is 3. The quantitative estimate of drug-likeness (QED) is 0.810. The maximum Gasteiger partial charge on any atom is 0.241 e. The van der Waals surface area contributed by atoms with Crippen molar-refractivity contribution < 1.29 is 18.7 Å². The maximum absolute atomic E-state index is 14.0. The average Bonchev–Trinajstić information content (AvgIpc) is 3.24. The second-order valence-electron chi connectivity index (χ2n) is 6.00. The summed E-state index contributed by atoms with van der Waals surface area (Å²) in [5.41, 5.74) is 1.01. The van der Waals surface area contributed by atoms with Crippen LogP contribution in [0.25, 0.3) is 0 Å². The molecule has 0 aromatic carbocycles. The lowest BCUT2D eigenvalue weighted by Crippen LogP contribution is -2.39. The Kier molecular flexibility index (Phi) is 4.56. The summed E-state index contributed by atoms with van der Waals surface area (Å²) in [6, 6.07) is 1.07. The highest BCUT2D eigenvalue weighted by Gasteiger charge is 2.38. The van der Waals surface area contributed by atoms with Gasteiger partial charge in [-0.3, -0.25) is 14.7 Å². The van der Waals surface area contributed by atoms with Gasteiger partial charge in [0, 0.05) is 31.8 Å². The molecule has 0 aliphatic carbocycles. The predicted molar refractivity (Wildman–Crippen MR) is 89.7 cm³/mol. The SMILES string of the molecule is O=C(Nc1cnc(Cl)nc1)[C@H]1C[C@H](F)CN1Cc1nccc2c1OCO2. The van der Waals surface area contributed by atoms with Gasteiger partial charge in [-0.05, 0) is 11.6 Å². The zero-order valence-corrected chi connectivity index (χ0v) is 14.3. The molecule has 2 aliphatic rings. The molecular weight excluding hydrogens is 365 g/mol. The van der Waals surface area contributed by atoms with Gasteiger partial charge in [0.2, 0.25) is 18.0 Å². The zero-order chi connectivity index (χ0) is 18.1. The zero-order valence-electron chi connectivity index (χ0n) is 13.6. The number of alkyl halides is 1. The van der Waals surface area contributed by atoms with E-state index < -0.39 is 12.2 Å². The van der Waals surface area contributed by atoms with Crippen molar-refractivity contribution in [2.24, 2.45) is 0 Å². The minimum atomic E-state index is -1.10. The second kappa shape index (κ2) is 7.00. The highest BCUT2D eigenvalue weighted by molar-refractivity contribution is 6.28. The smallest absolute Gasteiger partial charge is 0.241 e. The van der Waals surface area contributed by atoms with Gasteiger partial charge in [-0.25, -0.2) is 14.4 Å². The van der Waals surface area contributed by atoms with Crippen molar-refractivity contribution in [3.8, 4) is 11.5 Å². The summed E-state index contributed by atoms with van der Waals surface area (Å²) in [7, 11) is 0. The van der Waals surface area contributed by atoms with Crippen molar-refractivity contribution in [1.82, 2.24) is 19.9 Å². The lowest BCUT2D eigenvalue weighted by Gasteiger charge is -2.23. The molecule has 0 unspecified atom stereocenters. The summed E-state index contributed by atoms with van der Waals surface area (Å²) in [6.45, 7) is 0.545. The number of halogens is 2. The number of nitrogens with zero attached hydrogens (tertiary/aromatic N) is 4. The number of nitrogens with one attached hydrogen (secondary N) is 1. The van der Waals surface area contributed by atoms with Crippen molar-refractivity contribution >= 4 is 23.2 Å². The minimum absolute atomic E-state index is 0.0838. The van der Waals surface area contributed by atoms with Crippen LogP contribution in [-0.4, -0.2) is 51.3 Å². The molecule has 2 aliphatic heterocycles. The topological polar surface area (TPSA) is 89.5 Å². The number of ether oxygens (including phenoxy) is 2. The normalized spacial score (nSPS) is 21.8. The maximum atomic E-state index is 14.0. The summed E-state index contributed by atoms with van der Waals surface area (Å²) in [4.78, 5) is 26.2. The van der Waals surface area contributed by atoms with Crippen LogP contribution < -0.4 is 14.8 Å². The molecule has 10 heteroatoms. The molecular formula is C16H15ClFN5O3. The molecule has 0 bridgehead atoms. The first-order valence-electron chi connectivity index (χ1n) is 8.00. The van der Waals surface area contributed by atoms with E-state index in [4.69, 9.17) is 21.1 Å². The fourth-order valence-electron chi connectivity index (χ4n) is 3.09. The van der Waals surface area contributed by atoms with Crippen LogP contribution in [0.1, 0.15) is 12.1 Å². The van der Waals surface area contributed by atoms with Gasteiger partial charge in [-0.15, -0.1) is 0 Å². The van der Waals surface area contributed by atoms with Crippen LogP contribution >= 0.6 is 11.6 Å². The average molecular weight is 380 g/mol. The lowest BCUT2D eigenvalue weighted by molar-refractivity contribution is -0.120. The van der Waals surface area contributed by atoms with Crippen LogP contribution in [-0.2, 0) is 11.3 Å². The third kappa shape index (κ3) is 3.40. The van der Waals surface area contributed by atoms with Crippen LogP contribution in [0.4, 0.5) is 10.1 Å². The fraction of sp³-hybridized carbons (Fsp3) is 0.375. The van der Waals surface area contributed by atoms with Crippen molar-refractivity contribution in [2.75, 3.05) is 18.7 Å². The number of anilines is 1. The summed E-state index contributed by atoms with van der Waals surface area (Å²) in [6.07, 6.45) is 3.41. The highest BCUT2D eigenvalue weighted by Crippen LogP contribution is 2.35. The van der Waals surface area contributed by atoms with Crippen LogP contribution in [0.3, 0.4) is 0 Å². The summed E-state index contributed by atoms with van der Waals surface area (Å²) >= 11 is 5.63. The van der Waals surface area contributed by atoms with Gasteiger partial charge in [0.15, 0.2) is 11.5 Å². The summed E-state index contributed by atoms with van der Waals surface area (Å²) < 4.78 is 24.8. The Morgan fingerprint density at radius 1 is 1.35 bits per heavy atom. The molecule has 8 nitrogen and oxygen atoms in total. The van der Waals surface area contributed by atoms with Crippen molar-refractivity contribution in [2.45, 2.75) is 25.2 Å². The van der Waals surface area contributed by atoms with Crippen molar-refractivity contribution in [3.63, 3.8) is 0 Å². The van der Waals surface area contributed by atoms with Crippen molar-refractivity contribution in [1.29, 1.82) is 0 Å². The number of likely N-dealkylation sites (tertiary alicyclic amines) is 1. The van der Waals surface area contributed by atoms with Gasteiger partial charge >= 0.3 is 0 Å². The van der Waals surface area contributed by atoms with Crippen LogP contribution in [0.5, 0.6) is 11.5 Å². The number of pyridine rings is 1. The number of amides is 1. The highest BCUT2D eigenvalue weighted by atomic mass is 35.5. The molecule has 1 saturated heterocycles. The van der Waals surface area contributed by atoms with Crippen LogP contribution in [0.2, 0.25) is 5.28 Å². The van der Waals surface area contributed by atoms with Gasteiger partial charge in [0.1, 0.15) is 11.9 Å². The Bertz CT molecular complexity index is 822. The molecule has 1 N–H and O–H groups in total. The van der Waals surface area contributed by atoms with E-state index >= 15 is 0 Å². The predicted octanol–water partition coefficient (Wildman–Crippen LogP) is 1.80. The van der Waals surface area contributed by atoms with E-state index in [-0.39, 0.29) is 37.5 Å². The van der Waals surface area contributed by atoms with E-state index in [1.807, 2.05) is 0 Å². The molecule has 0 spiro atoms. The molecule has 2 aromatic heterocycles. The molecule has 26 heavy (non-hydrogen) atoms. The molecule has 1 amide bonds. The number of hydrogen-bond acceptors (Lipinski definition) is 7. The number of carbonyl (C=O) groups is 1. The first-order valence-corrected chi connectivity index (χ1v) is 8.38. The van der Waals surface area contributed by atoms with Crippen LogP contribution in [0, 0.1) is 0 Å². The standard InChI is InChI=1S/C16H15ClFN5O3/c17-16-20-4-10(5-21-16)22-15(24)12-3-9(18)6-23(12)7-11-14-13(1-2-19-11)25-8-26-14/h1-2,4-5,9,12H,3,6-8H2,(H,22,24)/t9-,12+/m0/s1. The molecule has 4 heterocycles. The fourth-order valence-corrected chi connectivity index (χ4v) is 3.19. The first-order chi connectivity index (χ1) is 12.6. The molecule has 0 radical (unpaired) electrons. The largest absolute Gasteiger partial charge is 0.453 e. The van der Waals surface area contributed by atoms with Gasteiger partial charge in [-0.2, -0.15) is 0 Å². The number of rotatable bonds is 4. The van der Waals surface area contributed by atoms with E-state index in [1.165, 1.54) is 12.4 Å². The Morgan fingerprint density at radius 3 is 2.96 bits per heavy atom. The summed E-state index contributed by atoms with van der Waals surface area (Å²) in [5, 5.41) is 2.78.